The van der Waals surface area contributed by atoms with E-state index in [-0.39, 0.29) is 11.3 Å². The Labute approximate surface area is 181 Å². The van der Waals surface area contributed by atoms with E-state index >= 15 is 0 Å². The highest BCUT2D eigenvalue weighted by atomic mass is 16.3. The molecule has 5 rings (SSSR count). The number of fused-ring (bicyclic) bond motifs is 2. The van der Waals surface area contributed by atoms with E-state index < -0.39 is 0 Å². The summed E-state index contributed by atoms with van der Waals surface area (Å²) in [5.74, 6) is 0.967. The third-order valence-corrected chi connectivity index (χ3v) is 6.72. The van der Waals surface area contributed by atoms with Crippen molar-refractivity contribution in [3.8, 4) is 28.1 Å². The number of aromatic hydroxyl groups is 1. The molecule has 2 aromatic heterocycles. The van der Waals surface area contributed by atoms with Crippen LogP contribution in [0.2, 0.25) is 0 Å². The van der Waals surface area contributed by atoms with E-state index in [1.54, 1.807) is 25.4 Å². The molecule has 3 aromatic rings. The highest BCUT2D eigenvalue weighted by Crippen LogP contribution is 2.34. The van der Waals surface area contributed by atoms with E-state index in [9.17, 15) is 9.90 Å². The SMILES string of the molecule is CN(c1ccc(-c2ccc(-c3ccn(C)c(=O)c3)cc2O)nn1)[C@H]1C[C@H]2CC[C@@H](C1)N2. The minimum atomic E-state index is -0.0894. The molecule has 0 amide bonds. The number of nitrogens with one attached hydrogen (secondary N) is 1. The number of hydrogen-bond acceptors (Lipinski definition) is 6. The Balaban J connectivity index is 1.35. The maximum Gasteiger partial charge on any atom is 0.250 e. The number of benzene rings is 1. The zero-order valence-electron chi connectivity index (χ0n) is 17.8. The summed E-state index contributed by atoms with van der Waals surface area (Å²) in [5, 5.41) is 23.1. The van der Waals surface area contributed by atoms with Crippen molar-refractivity contribution in [2.24, 2.45) is 7.05 Å². The van der Waals surface area contributed by atoms with Crippen molar-refractivity contribution in [1.82, 2.24) is 20.1 Å². The van der Waals surface area contributed by atoms with Gasteiger partial charge in [-0.05, 0) is 67.1 Å². The molecule has 0 radical (unpaired) electrons. The number of aryl methyl sites for hydroxylation is 1. The van der Waals surface area contributed by atoms with Gasteiger partial charge in [-0.15, -0.1) is 10.2 Å². The molecule has 31 heavy (non-hydrogen) atoms. The van der Waals surface area contributed by atoms with Gasteiger partial charge >= 0.3 is 0 Å². The van der Waals surface area contributed by atoms with Crippen molar-refractivity contribution < 1.29 is 5.11 Å². The molecular weight excluding hydrogens is 390 g/mol. The lowest BCUT2D eigenvalue weighted by molar-refractivity contribution is 0.353. The van der Waals surface area contributed by atoms with Gasteiger partial charge in [0.1, 0.15) is 5.75 Å². The number of hydrogen-bond donors (Lipinski definition) is 2. The number of rotatable bonds is 4. The first-order valence-electron chi connectivity index (χ1n) is 10.8. The molecule has 0 spiro atoms. The summed E-state index contributed by atoms with van der Waals surface area (Å²) in [4.78, 5) is 14.1. The number of phenolic OH excluding ortho intramolecular Hbond substituents is 1. The van der Waals surface area contributed by atoms with E-state index in [0.717, 1.165) is 29.8 Å². The van der Waals surface area contributed by atoms with Crippen LogP contribution in [0.4, 0.5) is 5.82 Å². The summed E-state index contributed by atoms with van der Waals surface area (Å²) >= 11 is 0. The van der Waals surface area contributed by atoms with Gasteiger partial charge in [0.2, 0.25) is 0 Å². The number of pyridine rings is 1. The number of nitrogens with zero attached hydrogens (tertiary/aromatic N) is 4. The Kier molecular flexibility index (Phi) is 4.98. The number of anilines is 1. The Morgan fingerprint density at radius 2 is 1.77 bits per heavy atom. The summed E-state index contributed by atoms with van der Waals surface area (Å²) in [5.41, 5.74) is 2.70. The quantitative estimate of drug-likeness (QED) is 0.679. The fourth-order valence-electron chi connectivity index (χ4n) is 4.84. The van der Waals surface area contributed by atoms with E-state index in [1.165, 1.54) is 17.4 Å². The Morgan fingerprint density at radius 3 is 2.42 bits per heavy atom. The molecule has 4 heterocycles. The summed E-state index contributed by atoms with van der Waals surface area (Å²) in [6, 6.07) is 14.4. The number of phenols is 1. The molecule has 2 aliphatic heterocycles. The summed E-state index contributed by atoms with van der Waals surface area (Å²) in [6.07, 6.45) is 6.54. The summed E-state index contributed by atoms with van der Waals surface area (Å²) in [7, 11) is 3.80. The predicted octanol–water partition coefficient (Wildman–Crippen LogP) is 2.93. The normalized spacial score (nSPS) is 22.5. The molecule has 7 nitrogen and oxygen atoms in total. The lowest BCUT2D eigenvalue weighted by Gasteiger charge is -2.36. The third-order valence-electron chi connectivity index (χ3n) is 6.72. The van der Waals surface area contributed by atoms with Gasteiger partial charge in [-0.1, -0.05) is 6.07 Å². The van der Waals surface area contributed by atoms with Crippen molar-refractivity contribution in [1.29, 1.82) is 0 Å². The molecule has 2 saturated heterocycles. The first-order chi connectivity index (χ1) is 15.0. The fraction of sp³-hybridized carbons (Fsp3) is 0.375. The molecule has 0 aliphatic carbocycles. The highest BCUT2D eigenvalue weighted by Gasteiger charge is 2.35. The van der Waals surface area contributed by atoms with Crippen molar-refractivity contribution in [2.45, 2.75) is 43.8 Å². The van der Waals surface area contributed by atoms with Gasteiger partial charge in [0.15, 0.2) is 5.82 Å². The average Bonchev–Trinajstić information content (AvgIpc) is 3.12. The Morgan fingerprint density at radius 1 is 1.03 bits per heavy atom. The van der Waals surface area contributed by atoms with E-state index in [4.69, 9.17) is 0 Å². The third kappa shape index (κ3) is 3.81. The molecular formula is C24H27N5O2. The Hall–Kier alpha value is -3.19. The van der Waals surface area contributed by atoms with Gasteiger partial charge < -0.3 is 19.9 Å². The first kappa shape index (κ1) is 19.8. The highest BCUT2D eigenvalue weighted by molar-refractivity contribution is 5.74. The van der Waals surface area contributed by atoms with Crippen molar-refractivity contribution >= 4 is 5.82 Å². The second-order valence-electron chi connectivity index (χ2n) is 8.75. The van der Waals surface area contributed by atoms with Crippen LogP contribution in [0.5, 0.6) is 5.75 Å². The van der Waals surface area contributed by atoms with Crippen LogP contribution in [0.1, 0.15) is 25.7 Å². The van der Waals surface area contributed by atoms with Gasteiger partial charge in [0.05, 0.1) is 5.69 Å². The van der Waals surface area contributed by atoms with Crippen LogP contribution in [0.15, 0.2) is 53.5 Å². The van der Waals surface area contributed by atoms with Crippen LogP contribution in [0.25, 0.3) is 22.4 Å². The predicted molar refractivity (Wildman–Crippen MR) is 121 cm³/mol. The van der Waals surface area contributed by atoms with Gasteiger partial charge in [-0.25, -0.2) is 0 Å². The summed E-state index contributed by atoms with van der Waals surface area (Å²) in [6.45, 7) is 0. The fourth-order valence-corrected chi connectivity index (χ4v) is 4.84. The van der Waals surface area contributed by atoms with Crippen molar-refractivity contribution in [3.05, 3.63) is 59.0 Å². The average molecular weight is 418 g/mol. The molecule has 7 heteroatoms. The molecule has 2 N–H and O–H groups in total. The van der Waals surface area contributed by atoms with E-state index in [2.05, 4.69) is 27.5 Å². The molecule has 2 aliphatic rings. The summed E-state index contributed by atoms with van der Waals surface area (Å²) < 4.78 is 1.51. The van der Waals surface area contributed by atoms with Crippen LogP contribution in [0.3, 0.4) is 0 Å². The zero-order chi connectivity index (χ0) is 21.5. The van der Waals surface area contributed by atoms with Crippen LogP contribution < -0.4 is 15.8 Å². The number of aromatic nitrogens is 3. The molecule has 0 saturated carbocycles. The van der Waals surface area contributed by atoms with Crippen LogP contribution in [0, 0.1) is 0 Å². The minimum absolute atomic E-state index is 0.0894. The van der Waals surface area contributed by atoms with Crippen LogP contribution >= 0.6 is 0 Å². The van der Waals surface area contributed by atoms with Crippen LogP contribution in [-0.4, -0.2) is 45.0 Å². The molecule has 0 unspecified atom stereocenters. The van der Waals surface area contributed by atoms with Crippen molar-refractivity contribution in [2.75, 3.05) is 11.9 Å². The standard InChI is InChI=1S/C24H27N5O2/c1-28-10-9-16(12-24(28)31)15-3-6-20(22(30)11-15)21-7-8-23(27-26-21)29(2)19-13-17-4-5-18(14-19)25-17/h3,6-12,17-19,25,30H,4-5,13-14H2,1-2H3/t17-,18+,19+. The molecule has 1 aromatic carbocycles. The number of piperidine rings is 1. The molecule has 2 bridgehead atoms. The minimum Gasteiger partial charge on any atom is -0.507 e. The second kappa shape index (κ2) is 7.81. The van der Waals surface area contributed by atoms with Gasteiger partial charge in [0.25, 0.3) is 5.56 Å². The largest absolute Gasteiger partial charge is 0.507 e. The smallest absolute Gasteiger partial charge is 0.250 e. The van der Waals surface area contributed by atoms with E-state index in [1.807, 2.05) is 30.3 Å². The Bertz CT molecular complexity index is 1150. The molecule has 2 fully saturated rings. The van der Waals surface area contributed by atoms with Crippen molar-refractivity contribution in [3.63, 3.8) is 0 Å². The topological polar surface area (TPSA) is 83.3 Å². The lowest BCUT2D eigenvalue weighted by Crippen LogP contribution is -2.47. The maximum atomic E-state index is 11.9. The van der Waals surface area contributed by atoms with E-state index in [0.29, 0.717) is 29.4 Å². The molecule has 3 atom stereocenters. The monoisotopic (exact) mass is 417 g/mol. The van der Waals surface area contributed by atoms with Crippen LogP contribution in [-0.2, 0) is 7.05 Å². The second-order valence-corrected chi connectivity index (χ2v) is 8.75. The lowest BCUT2D eigenvalue weighted by atomic mass is 9.98. The first-order valence-corrected chi connectivity index (χ1v) is 10.8. The van der Waals surface area contributed by atoms with Gasteiger partial charge in [-0.2, -0.15) is 0 Å². The molecule has 160 valence electrons. The van der Waals surface area contributed by atoms with Gasteiger partial charge in [0, 0.05) is 50.0 Å². The zero-order valence-corrected chi connectivity index (χ0v) is 17.8. The van der Waals surface area contributed by atoms with Gasteiger partial charge in [-0.3, -0.25) is 4.79 Å². The maximum absolute atomic E-state index is 11.9.